The summed E-state index contributed by atoms with van der Waals surface area (Å²) in [5.74, 6) is 0.776. The van der Waals surface area contributed by atoms with Gasteiger partial charge in [0.05, 0.1) is 5.69 Å². The number of nitrogens with zero attached hydrogens (tertiary/aromatic N) is 3. The molecule has 0 spiro atoms. The van der Waals surface area contributed by atoms with Crippen LogP contribution >= 0.6 is 34.7 Å². The molecule has 0 amide bonds. The largest absolute Gasteiger partial charge is 0.240 e. The van der Waals surface area contributed by atoms with Gasteiger partial charge in [-0.25, -0.2) is 4.98 Å². The highest BCUT2D eigenvalue weighted by Gasteiger charge is 2.06. The van der Waals surface area contributed by atoms with Crippen LogP contribution < -0.4 is 0 Å². The Morgan fingerprint density at radius 3 is 2.62 bits per heavy atom. The van der Waals surface area contributed by atoms with E-state index in [0.717, 1.165) is 27.0 Å². The van der Waals surface area contributed by atoms with Crippen molar-refractivity contribution in [2.75, 3.05) is 0 Å². The highest BCUT2D eigenvalue weighted by atomic mass is 35.5. The van der Waals surface area contributed by atoms with Crippen molar-refractivity contribution < 1.29 is 0 Å². The van der Waals surface area contributed by atoms with Gasteiger partial charge < -0.3 is 0 Å². The van der Waals surface area contributed by atoms with Crippen LogP contribution in [0.15, 0.2) is 46.8 Å². The van der Waals surface area contributed by atoms with Gasteiger partial charge in [-0.2, -0.15) is 0 Å². The lowest BCUT2D eigenvalue weighted by Crippen LogP contribution is -1.87. The van der Waals surface area contributed by atoms with E-state index in [1.54, 1.807) is 29.2 Å². The summed E-state index contributed by atoms with van der Waals surface area (Å²) in [6.07, 6.45) is 0. The number of hydrogen-bond donors (Lipinski definition) is 0. The standard InChI is InChI=1S/C15H12ClN3S2/c1-10-2-4-11(5-3-10)15-17-12(9-21-15)8-20-14-7-6-13(16)18-19-14/h2-7,9H,8H2,1H3. The van der Waals surface area contributed by atoms with E-state index in [9.17, 15) is 0 Å². The van der Waals surface area contributed by atoms with Crippen LogP contribution in [0.4, 0.5) is 0 Å². The third-order valence-corrected chi connectivity index (χ3v) is 4.92. The molecule has 21 heavy (non-hydrogen) atoms. The fourth-order valence-electron chi connectivity index (χ4n) is 1.73. The van der Waals surface area contributed by atoms with Crippen LogP contribution in [0.2, 0.25) is 5.15 Å². The highest BCUT2D eigenvalue weighted by Crippen LogP contribution is 2.27. The molecule has 6 heteroatoms. The zero-order valence-corrected chi connectivity index (χ0v) is 13.7. The van der Waals surface area contributed by atoms with Crippen LogP contribution in [0.1, 0.15) is 11.3 Å². The van der Waals surface area contributed by atoms with Crippen molar-refractivity contribution in [2.45, 2.75) is 17.7 Å². The maximum Gasteiger partial charge on any atom is 0.151 e. The first-order chi connectivity index (χ1) is 10.2. The van der Waals surface area contributed by atoms with Gasteiger partial charge in [0.15, 0.2) is 5.15 Å². The summed E-state index contributed by atoms with van der Waals surface area (Å²) in [6.45, 7) is 2.08. The first-order valence-corrected chi connectivity index (χ1v) is 8.58. The maximum atomic E-state index is 5.72. The van der Waals surface area contributed by atoms with E-state index >= 15 is 0 Å². The van der Waals surface area contributed by atoms with Crippen molar-refractivity contribution in [3.63, 3.8) is 0 Å². The number of hydrogen-bond acceptors (Lipinski definition) is 5. The molecule has 3 aromatic rings. The third-order valence-electron chi connectivity index (χ3n) is 2.83. The van der Waals surface area contributed by atoms with Gasteiger partial charge in [-0.15, -0.1) is 21.5 Å². The molecule has 0 saturated heterocycles. The van der Waals surface area contributed by atoms with Crippen molar-refractivity contribution in [3.8, 4) is 10.6 Å². The maximum absolute atomic E-state index is 5.72. The molecule has 0 fully saturated rings. The van der Waals surface area contributed by atoms with Gasteiger partial charge in [-0.1, -0.05) is 53.2 Å². The zero-order chi connectivity index (χ0) is 14.7. The summed E-state index contributed by atoms with van der Waals surface area (Å²) in [7, 11) is 0. The summed E-state index contributed by atoms with van der Waals surface area (Å²) in [4.78, 5) is 4.67. The van der Waals surface area contributed by atoms with Crippen LogP contribution in [-0.4, -0.2) is 15.2 Å². The molecule has 0 unspecified atom stereocenters. The minimum atomic E-state index is 0.412. The molecule has 0 atom stereocenters. The molecule has 0 saturated carbocycles. The molecular weight excluding hydrogens is 322 g/mol. The Labute approximate surface area is 136 Å². The molecule has 106 valence electrons. The van der Waals surface area contributed by atoms with E-state index in [1.807, 2.05) is 6.07 Å². The number of aromatic nitrogens is 3. The van der Waals surface area contributed by atoms with E-state index in [2.05, 4.69) is 51.8 Å². The summed E-state index contributed by atoms with van der Waals surface area (Å²) >= 11 is 8.99. The van der Waals surface area contributed by atoms with Crippen LogP contribution in [0, 0.1) is 6.92 Å². The van der Waals surface area contributed by atoms with E-state index in [0.29, 0.717) is 5.15 Å². The number of thioether (sulfide) groups is 1. The molecule has 2 aromatic heterocycles. The monoisotopic (exact) mass is 333 g/mol. The van der Waals surface area contributed by atoms with Crippen molar-refractivity contribution in [1.82, 2.24) is 15.2 Å². The number of halogens is 1. The SMILES string of the molecule is Cc1ccc(-c2nc(CSc3ccc(Cl)nn3)cs2)cc1. The van der Waals surface area contributed by atoms with E-state index in [4.69, 9.17) is 11.6 Å². The van der Waals surface area contributed by atoms with Crippen LogP contribution in [0.25, 0.3) is 10.6 Å². The molecular formula is C15H12ClN3S2. The molecule has 0 aliphatic carbocycles. The predicted molar refractivity (Wildman–Crippen MR) is 88.9 cm³/mol. The van der Waals surface area contributed by atoms with Gasteiger partial charge in [0.1, 0.15) is 10.0 Å². The van der Waals surface area contributed by atoms with Gasteiger partial charge in [0, 0.05) is 16.7 Å². The van der Waals surface area contributed by atoms with E-state index in [1.165, 1.54) is 5.56 Å². The lowest BCUT2D eigenvalue weighted by atomic mass is 10.2. The Morgan fingerprint density at radius 2 is 1.90 bits per heavy atom. The molecule has 0 aliphatic heterocycles. The molecule has 2 heterocycles. The number of benzene rings is 1. The smallest absolute Gasteiger partial charge is 0.151 e. The van der Waals surface area contributed by atoms with Gasteiger partial charge in [-0.3, -0.25) is 0 Å². The second-order valence-corrected chi connectivity index (χ2v) is 6.73. The Hall–Kier alpha value is -1.43. The van der Waals surface area contributed by atoms with E-state index < -0.39 is 0 Å². The fraction of sp³-hybridized carbons (Fsp3) is 0.133. The quantitative estimate of drug-likeness (QED) is 0.639. The Morgan fingerprint density at radius 1 is 1.10 bits per heavy atom. The first kappa shape index (κ1) is 14.5. The minimum Gasteiger partial charge on any atom is -0.240 e. The summed E-state index contributed by atoms with van der Waals surface area (Å²) < 4.78 is 0. The molecule has 3 nitrogen and oxygen atoms in total. The summed E-state index contributed by atoms with van der Waals surface area (Å²) in [6, 6.07) is 12.0. The average Bonchev–Trinajstić information content (AvgIpc) is 2.96. The Kier molecular flexibility index (Phi) is 4.53. The topological polar surface area (TPSA) is 38.7 Å². The predicted octanol–water partition coefficient (Wildman–Crippen LogP) is 4.85. The normalized spacial score (nSPS) is 10.8. The van der Waals surface area contributed by atoms with Gasteiger partial charge in [0.2, 0.25) is 0 Å². The van der Waals surface area contributed by atoms with Crippen molar-refractivity contribution >= 4 is 34.7 Å². The molecule has 0 bridgehead atoms. The third kappa shape index (κ3) is 3.81. The van der Waals surface area contributed by atoms with Crippen molar-refractivity contribution in [2.24, 2.45) is 0 Å². The van der Waals surface area contributed by atoms with Gasteiger partial charge >= 0.3 is 0 Å². The fourth-order valence-corrected chi connectivity index (χ4v) is 3.47. The van der Waals surface area contributed by atoms with E-state index in [-0.39, 0.29) is 0 Å². The number of thiazole rings is 1. The van der Waals surface area contributed by atoms with Crippen molar-refractivity contribution in [3.05, 3.63) is 58.2 Å². The molecule has 0 N–H and O–H groups in total. The number of aryl methyl sites for hydroxylation is 1. The molecule has 0 aliphatic rings. The van der Waals surface area contributed by atoms with Gasteiger partial charge in [0.25, 0.3) is 0 Å². The second kappa shape index (κ2) is 6.56. The zero-order valence-electron chi connectivity index (χ0n) is 11.3. The lowest BCUT2D eigenvalue weighted by molar-refractivity contribution is 0.929. The average molecular weight is 334 g/mol. The number of rotatable bonds is 4. The van der Waals surface area contributed by atoms with Gasteiger partial charge in [-0.05, 0) is 19.1 Å². The van der Waals surface area contributed by atoms with Crippen LogP contribution in [0.5, 0.6) is 0 Å². The first-order valence-electron chi connectivity index (χ1n) is 6.34. The minimum absolute atomic E-state index is 0.412. The second-order valence-electron chi connectivity index (χ2n) is 4.49. The Bertz CT molecular complexity index is 723. The summed E-state index contributed by atoms with van der Waals surface area (Å²) in [5, 5.41) is 12.3. The highest BCUT2D eigenvalue weighted by molar-refractivity contribution is 7.98. The molecule has 3 rings (SSSR count). The van der Waals surface area contributed by atoms with Crippen molar-refractivity contribution in [1.29, 1.82) is 0 Å². The lowest BCUT2D eigenvalue weighted by Gasteiger charge is -1.98. The Balaban J connectivity index is 1.67. The van der Waals surface area contributed by atoms with Crippen LogP contribution in [0.3, 0.4) is 0 Å². The van der Waals surface area contributed by atoms with Crippen LogP contribution in [-0.2, 0) is 5.75 Å². The molecule has 1 aromatic carbocycles. The molecule has 0 radical (unpaired) electrons. The summed E-state index contributed by atoms with van der Waals surface area (Å²) in [5.41, 5.74) is 3.47.